The van der Waals surface area contributed by atoms with Gasteiger partial charge in [0.25, 0.3) is 0 Å². The topological polar surface area (TPSA) is 94.9 Å². The Kier molecular flexibility index (Phi) is 6.12. The number of nitrogens with one attached hydrogen (secondary N) is 1. The van der Waals surface area contributed by atoms with Crippen LogP contribution >= 0.6 is 11.3 Å². The minimum Gasteiger partial charge on any atom is -0.508 e. The molecule has 0 spiro atoms. The summed E-state index contributed by atoms with van der Waals surface area (Å²) in [6.07, 6.45) is 4.53. The fourth-order valence-electron chi connectivity index (χ4n) is 3.25. The van der Waals surface area contributed by atoms with E-state index in [1.165, 1.54) is 11.3 Å². The lowest BCUT2D eigenvalue weighted by atomic mass is 10.2. The van der Waals surface area contributed by atoms with Gasteiger partial charge in [-0.25, -0.2) is 13.4 Å². The van der Waals surface area contributed by atoms with Crippen LogP contribution < -0.4 is 5.43 Å². The molecule has 1 fully saturated rings. The second-order valence-electron chi connectivity index (χ2n) is 6.99. The molecule has 0 amide bonds. The van der Waals surface area contributed by atoms with Crippen molar-refractivity contribution in [1.29, 1.82) is 0 Å². The summed E-state index contributed by atoms with van der Waals surface area (Å²) in [5.41, 5.74) is 5.17. The highest BCUT2D eigenvalue weighted by atomic mass is 32.2. The maximum absolute atomic E-state index is 12.9. The number of benzene rings is 2. The number of piperidine rings is 1. The molecule has 0 bridgehead atoms. The first-order chi connectivity index (χ1) is 14.5. The van der Waals surface area contributed by atoms with Crippen molar-refractivity contribution in [2.24, 2.45) is 5.10 Å². The molecule has 30 heavy (non-hydrogen) atoms. The van der Waals surface area contributed by atoms with Crippen LogP contribution in [-0.2, 0) is 10.0 Å². The van der Waals surface area contributed by atoms with Gasteiger partial charge < -0.3 is 5.11 Å². The summed E-state index contributed by atoms with van der Waals surface area (Å²) in [5.74, 6) is 0.203. The van der Waals surface area contributed by atoms with Crippen LogP contribution in [-0.4, -0.2) is 42.1 Å². The Labute approximate surface area is 179 Å². The predicted octanol–water partition coefficient (Wildman–Crippen LogP) is 4.14. The lowest BCUT2D eigenvalue weighted by Crippen LogP contribution is -2.35. The maximum atomic E-state index is 12.9. The van der Waals surface area contributed by atoms with Crippen LogP contribution in [0.1, 0.15) is 24.8 Å². The molecule has 2 N–H and O–H groups in total. The van der Waals surface area contributed by atoms with E-state index in [2.05, 4.69) is 15.5 Å². The standard InChI is InChI=1S/C21H22N4O3S2/c26-18-9-7-16(8-10-18)14-22-24-21-23-20(15-29-21)17-5-4-6-19(13-17)30(27,28)25-11-2-1-3-12-25/h4-10,13-15,26H,1-3,11-12H2,(H,23,24)/b22-14+. The molecule has 7 nitrogen and oxygen atoms in total. The SMILES string of the molecule is O=S(=O)(c1cccc(-c2csc(N/N=C/c3ccc(O)cc3)n2)c1)N1CCCCC1. The summed E-state index contributed by atoms with van der Waals surface area (Å²) in [6.45, 7) is 1.16. The van der Waals surface area contributed by atoms with Crippen molar-refractivity contribution in [3.63, 3.8) is 0 Å². The fourth-order valence-corrected chi connectivity index (χ4v) is 5.48. The second kappa shape index (κ2) is 8.95. The van der Waals surface area contributed by atoms with Gasteiger partial charge in [-0.15, -0.1) is 11.3 Å². The number of hydrazone groups is 1. The largest absolute Gasteiger partial charge is 0.508 e. The third-order valence-corrected chi connectivity index (χ3v) is 7.50. The van der Waals surface area contributed by atoms with E-state index in [0.717, 1.165) is 30.4 Å². The first kappa shape index (κ1) is 20.5. The van der Waals surface area contributed by atoms with Crippen LogP contribution in [0.5, 0.6) is 5.75 Å². The number of nitrogens with zero attached hydrogens (tertiary/aromatic N) is 3. The number of rotatable bonds is 6. The van der Waals surface area contributed by atoms with E-state index in [9.17, 15) is 13.5 Å². The molecular formula is C21H22N4O3S2. The van der Waals surface area contributed by atoms with Crippen LogP contribution in [0.25, 0.3) is 11.3 Å². The molecule has 1 saturated heterocycles. The Morgan fingerprint density at radius 2 is 1.87 bits per heavy atom. The van der Waals surface area contributed by atoms with Gasteiger partial charge in [-0.2, -0.15) is 9.41 Å². The molecule has 0 saturated carbocycles. The Balaban J connectivity index is 1.48. The average molecular weight is 443 g/mol. The van der Waals surface area contributed by atoms with Gasteiger partial charge >= 0.3 is 0 Å². The number of hydrogen-bond donors (Lipinski definition) is 2. The number of hydrogen-bond acceptors (Lipinski definition) is 7. The van der Waals surface area contributed by atoms with E-state index in [1.807, 2.05) is 11.4 Å². The molecule has 1 aliphatic heterocycles. The monoisotopic (exact) mass is 442 g/mol. The Hall–Kier alpha value is -2.75. The van der Waals surface area contributed by atoms with Crippen molar-refractivity contribution < 1.29 is 13.5 Å². The van der Waals surface area contributed by atoms with Crippen LogP contribution in [0.3, 0.4) is 0 Å². The molecule has 3 aromatic rings. The summed E-state index contributed by atoms with van der Waals surface area (Å²) in [6, 6.07) is 13.6. The zero-order chi connectivity index (χ0) is 21.0. The van der Waals surface area contributed by atoms with Crippen molar-refractivity contribution in [3.8, 4) is 17.0 Å². The number of aromatic nitrogens is 1. The van der Waals surface area contributed by atoms with Gasteiger partial charge in [0.2, 0.25) is 15.2 Å². The number of aromatic hydroxyl groups is 1. The third kappa shape index (κ3) is 4.69. The highest BCUT2D eigenvalue weighted by Crippen LogP contribution is 2.28. The molecule has 0 aliphatic carbocycles. The van der Waals surface area contributed by atoms with E-state index < -0.39 is 10.0 Å². The van der Waals surface area contributed by atoms with Crippen molar-refractivity contribution in [2.45, 2.75) is 24.2 Å². The number of phenolic OH excluding ortho intramolecular Hbond substituents is 1. The van der Waals surface area contributed by atoms with E-state index in [1.54, 1.807) is 53.0 Å². The molecule has 1 aromatic heterocycles. The maximum Gasteiger partial charge on any atom is 0.243 e. The average Bonchev–Trinajstić information content (AvgIpc) is 3.25. The Bertz CT molecular complexity index is 1140. The van der Waals surface area contributed by atoms with Crippen molar-refractivity contribution in [2.75, 3.05) is 18.5 Å². The van der Waals surface area contributed by atoms with E-state index >= 15 is 0 Å². The minimum absolute atomic E-state index is 0.203. The van der Waals surface area contributed by atoms with Gasteiger partial charge in [-0.3, -0.25) is 5.43 Å². The second-order valence-corrected chi connectivity index (χ2v) is 9.79. The summed E-state index contributed by atoms with van der Waals surface area (Å²) in [5, 5.41) is 15.9. The van der Waals surface area contributed by atoms with Crippen molar-refractivity contribution in [1.82, 2.24) is 9.29 Å². The zero-order valence-electron chi connectivity index (χ0n) is 16.2. The molecule has 2 heterocycles. The fraction of sp³-hybridized carbons (Fsp3) is 0.238. The molecular weight excluding hydrogens is 420 g/mol. The quantitative estimate of drug-likeness (QED) is 0.442. The molecule has 4 rings (SSSR count). The Morgan fingerprint density at radius 1 is 1.10 bits per heavy atom. The molecule has 156 valence electrons. The Morgan fingerprint density at radius 3 is 2.63 bits per heavy atom. The van der Waals surface area contributed by atoms with E-state index in [0.29, 0.717) is 28.8 Å². The summed E-state index contributed by atoms with van der Waals surface area (Å²) >= 11 is 1.39. The van der Waals surface area contributed by atoms with Crippen LogP contribution in [0.15, 0.2) is 63.9 Å². The summed E-state index contributed by atoms with van der Waals surface area (Å²) in [4.78, 5) is 4.81. The predicted molar refractivity (Wildman–Crippen MR) is 119 cm³/mol. The van der Waals surface area contributed by atoms with Gasteiger partial charge in [0.1, 0.15) is 5.75 Å². The first-order valence-corrected chi connectivity index (χ1v) is 12.0. The molecule has 1 aliphatic rings. The number of anilines is 1. The van der Waals surface area contributed by atoms with E-state index in [4.69, 9.17) is 0 Å². The van der Waals surface area contributed by atoms with Gasteiger partial charge in [0, 0.05) is 24.0 Å². The van der Waals surface area contributed by atoms with Crippen LogP contribution in [0, 0.1) is 0 Å². The minimum atomic E-state index is -3.48. The number of thiazole rings is 1. The smallest absolute Gasteiger partial charge is 0.243 e. The normalized spacial score (nSPS) is 15.5. The molecule has 2 aromatic carbocycles. The van der Waals surface area contributed by atoms with Crippen molar-refractivity contribution >= 4 is 32.7 Å². The van der Waals surface area contributed by atoms with E-state index in [-0.39, 0.29) is 5.75 Å². The summed E-state index contributed by atoms with van der Waals surface area (Å²) < 4.78 is 27.4. The van der Waals surface area contributed by atoms with Crippen molar-refractivity contribution in [3.05, 3.63) is 59.5 Å². The zero-order valence-corrected chi connectivity index (χ0v) is 17.9. The molecule has 9 heteroatoms. The first-order valence-electron chi connectivity index (χ1n) is 9.67. The van der Waals surface area contributed by atoms with Crippen LogP contribution in [0.2, 0.25) is 0 Å². The highest BCUT2D eigenvalue weighted by Gasteiger charge is 2.26. The highest BCUT2D eigenvalue weighted by molar-refractivity contribution is 7.89. The van der Waals surface area contributed by atoms with Gasteiger partial charge in [-0.05, 0) is 54.8 Å². The molecule has 0 unspecified atom stereocenters. The summed E-state index contributed by atoms with van der Waals surface area (Å²) in [7, 11) is -3.48. The van der Waals surface area contributed by atoms with Gasteiger partial charge in [-0.1, -0.05) is 18.6 Å². The third-order valence-electron chi connectivity index (χ3n) is 4.85. The lowest BCUT2D eigenvalue weighted by molar-refractivity contribution is 0.346. The van der Waals surface area contributed by atoms with Gasteiger partial charge in [0.15, 0.2) is 0 Å². The molecule has 0 radical (unpaired) electrons. The number of phenols is 1. The molecule has 0 atom stereocenters. The van der Waals surface area contributed by atoms with Gasteiger partial charge in [0.05, 0.1) is 16.8 Å². The lowest BCUT2D eigenvalue weighted by Gasteiger charge is -2.26. The number of sulfonamides is 1. The van der Waals surface area contributed by atoms with Crippen LogP contribution in [0.4, 0.5) is 5.13 Å².